The molecule has 0 saturated heterocycles. The number of hydrogen-bond acceptors (Lipinski definition) is 4. The smallest absolute Gasteiger partial charge is 0.319 e. The van der Waals surface area contributed by atoms with Gasteiger partial charge in [0, 0.05) is 17.8 Å². The third kappa shape index (κ3) is 3.65. The molecule has 0 atom stereocenters. The third-order valence-electron chi connectivity index (χ3n) is 3.40. The number of fused-ring (bicyclic) bond motifs is 1. The maximum Gasteiger partial charge on any atom is 0.319 e. The first kappa shape index (κ1) is 16.3. The summed E-state index contributed by atoms with van der Waals surface area (Å²) in [5, 5.41) is 6.43. The van der Waals surface area contributed by atoms with Crippen molar-refractivity contribution >= 4 is 33.3 Å². The molecule has 1 heterocycles. The van der Waals surface area contributed by atoms with Crippen LogP contribution in [0.25, 0.3) is 20.8 Å². The molecule has 0 unspecified atom stereocenters. The molecule has 0 aliphatic rings. The third-order valence-corrected chi connectivity index (χ3v) is 4.47. The van der Waals surface area contributed by atoms with Gasteiger partial charge >= 0.3 is 6.03 Å². The molecule has 24 heavy (non-hydrogen) atoms. The molecule has 0 bridgehead atoms. The lowest BCUT2D eigenvalue weighted by molar-refractivity contribution is 0.252. The molecule has 2 aromatic carbocycles. The lowest BCUT2D eigenvalue weighted by atomic mass is 10.2. The second kappa shape index (κ2) is 7.31. The van der Waals surface area contributed by atoms with Crippen molar-refractivity contribution in [3.8, 4) is 16.3 Å². The van der Waals surface area contributed by atoms with Crippen molar-refractivity contribution < 1.29 is 9.53 Å². The van der Waals surface area contributed by atoms with Gasteiger partial charge in [-0.1, -0.05) is 0 Å². The van der Waals surface area contributed by atoms with Gasteiger partial charge in [-0.3, -0.25) is 0 Å². The van der Waals surface area contributed by atoms with E-state index in [2.05, 4.69) is 15.6 Å². The number of hydrogen-bond donors (Lipinski definition) is 2. The Morgan fingerprint density at radius 3 is 2.67 bits per heavy atom. The summed E-state index contributed by atoms with van der Waals surface area (Å²) in [4.78, 5) is 16.2. The predicted molar refractivity (Wildman–Crippen MR) is 98.9 cm³/mol. The summed E-state index contributed by atoms with van der Waals surface area (Å²) in [5.74, 6) is 0.863. The number of rotatable bonds is 5. The number of carbonyl (C=O) groups excluding carboxylic acids is 1. The molecule has 0 aliphatic carbocycles. The number of ether oxygens (including phenoxy) is 1. The van der Waals surface area contributed by atoms with Crippen molar-refractivity contribution in [1.29, 1.82) is 0 Å². The average Bonchev–Trinajstić information content (AvgIpc) is 2.99. The van der Waals surface area contributed by atoms with Crippen molar-refractivity contribution in [3.05, 3.63) is 42.5 Å². The van der Waals surface area contributed by atoms with E-state index in [1.54, 1.807) is 11.3 Å². The Morgan fingerprint density at radius 1 is 1.17 bits per heavy atom. The maximum absolute atomic E-state index is 11.5. The molecular formula is C18H19N3O2S. The fraction of sp³-hybridized carbons (Fsp3) is 0.222. The Bertz CT molecular complexity index is 843. The molecule has 3 rings (SSSR count). The van der Waals surface area contributed by atoms with E-state index < -0.39 is 0 Å². The first-order chi connectivity index (χ1) is 11.7. The zero-order valence-corrected chi connectivity index (χ0v) is 14.4. The van der Waals surface area contributed by atoms with Crippen LogP contribution in [0, 0.1) is 0 Å². The van der Waals surface area contributed by atoms with Crippen molar-refractivity contribution in [3.63, 3.8) is 0 Å². The maximum atomic E-state index is 11.5. The van der Waals surface area contributed by atoms with Crippen LogP contribution in [0.2, 0.25) is 0 Å². The van der Waals surface area contributed by atoms with Crippen LogP contribution in [-0.4, -0.2) is 24.2 Å². The van der Waals surface area contributed by atoms with E-state index in [0.717, 1.165) is 32.2 Å². The summed E-state index contributed by atoms with van der Waals surface area (Å²) < 4.78 is 6.63. The Balaban J connectivity index is 1.81. The largest absolute Gasteiger partial charge is 0.494 e. The van der Waals surface area contributed by atoms with Gasteiger partial charge in [-0.2, -0.15) is 0 Å². The van der Waals surface area contributed by atoms with E-state index in [0.29, 0.717) is 13.2 Å². The van der Waals surface area contributed by atoms with Gasteiger partial charge in [0.05, 0.1) is 16.8 Å². The van der Waals surface area contributed by atoms with Gasteiger partial charge in [0.15, 0.2) is 0 Å². The minimum atomic E-state index is -0.200. The fourth-order valence-corrected chi connectivity index (χ4v) is 3.32. The number of nitrogens with one attached hydrogen (secondary N) is 2. The zero-order valence-electron chi connectivity index (χ0n) is 13.6. The molecule has 124 valence electrons. The first-order valence-corrected chi connectivity index (χ1v) is 8.70. The second-order valence-electron chi connectivity index (χ2n) is 5.14. The van der Waals surface area contributed by atoms with Crippen LogP contribution >= 0.6 is 11.3 Å². The van der Waals surface area contributed by atoms with E-state index in [-0.39, 0.29) is 6.03 Å². The van der Waals surface area contributed by atoms with Gasteiger partial charge < -0.3 is 15.4 Å². The summed E-state index contributed by atoms with van der Waals surface area (Å²) in [6.07, 6.45) is 0. The summed E-state index contributed by atoms with van der Waals surface area (Å²) in [6.45, 7) is 5.10. The Hall–Kier alpha value is -2.60. The van der Waals surface area contributed by atoms with Crippen molar-refractivity contribution in [2.24, 2.45) is 0 Å². The molecule has 0 spiro atoms. The molecule has 0 fully saturated rings. The highest BCUT2D eigenvalue weighted by Crippen LogP contribution is 2.32. The molecular weight excluding hydrogens is 322 g/mol. The lowest BCUT2D eigenvalue weighted by Gasteiger charge is -2.06. The molecule has 0 radical (unpaired) electrons. The number of thiazole rings is 1. The molecule has 0 saturated carbocycles. The molecule has 2 amide bonds. The van der Waals surface area contributed by atoms with Crippen LogP contribution in [0.15, 0.2) is 42.5 Å². The quantitative estimate of drug-likeness (QED) is 0.718. The lowest BCUT2D eigenvalue weighted by Crippen LogP contribution is -2.28. The zero-order chi connectivity index (χ0) is 16.9. The monoisotopic (exact) mass is 341 g/mol. The van der Waals surface area contributed by atoms with Crippen LogP contribution in [0.1, 0.15) is 13.8 Å². The highest BCUT2D eigenvalue weighted by Gasteiger charge is 2.08. The van der Waals surface area contributed by atoms with E-state index >= 15 is 0 Å². The van der Waals surface area contributed by atoms with Crippen LogP contribution in [0.3, 0.4) is 0 Å². The summed E-state index contributed by atoms with van der Waals surface area (Å²) >= 11 is 1.63. The normalized spacial score (nSPS) is 10.6. The minimum Gasteiger partial charge on any atom is -0.494 e. The van der Waals surface area contributed by atoms with Crippen molar-refractivity contribution in [2.75, 3.05) is 18.5 Å². The standard InChI is InChI=1S/C18H19N3O2S/c1-3-19-18(22)20-13-7-5-12(6-8-13)17-21-15-10-9-14(23-4-2)11-16(15)24-17/h5-11H,3-4H2,1-2H3,(H2,19,20,22). The highest BCUT2D eigenvalue weighted by atomic mass is 32.1. The van der Waals surface area contributed by atoms with Gasteiger partial charge in [0.25, 0.3) is 0 Å². The molecule has 5 nitrogen and oxygen atoms in total. The SMILES string of the molecule is CCNC(=O)Nc1ccc(-c2nc3ccc(OCC)cc3s2)cc1. The van der Waals surface area contributed by atoms with Crippen LogP contribution < -0.4 is 15.4 Å². The number of anilines is 1. The molecule has 2 N–H and O–H groups in total. The summed E-state index contributed by atoms with van der Waals surface area (Å²) in [7, 11) is 0. The number of aromatic nitrogens is 1. The Kier molecular flexibility index (Phi) is 4.96. The second-order valence-corrected chi connectivity index (χ2v) is 6.17. The highest BCUT2D eigenvalue weighted by molar-refractivity contribution is 7.21. The summed E-state index contributed by atoms with van der Waals surface area (Å²) in [6, 6.07) is 13.4. The van der Waals surface area contributed by atoms with Gasteiger partial charge in [-0.25, -0.2) is 9.78 Å². The average molecular weight is 341 g/mol. The molecule has 1 aromatic heterocycles. The fourth-order valence-electron chi connectivity index (χ4n) is 2.32. The van der Waals surface area contributed by atoms with Crippen molar-refractivity contribution in [2.45, 2.75) is 13.8 Å². The van der Waals surface area contributed by atoms with E-state index in [9.17, 15) is 4.79 Å². The minimum absolute atomic E-state index is 0.200. The first-order valence-electron chi connectivity index (χ1n) is 7.88. The van der Waals surface area contributed by atoms with Crippen LogP contribution in [-0.2, 0) is 0 Å². The van der Waals surface area contributed by atoms with Crippen molar-refractivity contribution in [1.82, 2.24) is 10.3 Å². The molecule has 0 aliphatic heterocycles. The van der Waals surface area contributed by atoms with Gasteiger partial charge in [0.2, 0.25) is 0 Å². The van der Waals surface area contributed by atoms with Gasteiger partial charge in [0.1, 0.15) is 10.8 Å². The van der Waals surface area contributed by atoms with E-state index in [1.807, 2.05) is 56.3 Å². The molecule has 6 heteroatoms. The van der Waals surface area contributed by atoms with Crippen LogP contribution in [0.4, 0.5) is 10.5 Å². The van der Waals surface area contributed by atoms with Gasteiger partial charge in [-0.15, -0.1) is 11.3 Å². The number of carbonyl (C=O) groups is 1. The predicted octanol–water partition coefficient (Wildman–Crippen LogP) is 4.50. The topological polar surface area (TPSA) is 63.2 Å². The number of benzene rings is 2. The van der Waals surface area contributed by atoms with Crippen LogP contribution in [0.5, 0.6) is 5.75 Å². The molecule has 3 aromatic rings. The van der Waals surface area contributed by atoms with E-state index in [1.165, 1.54) is 0 Å². The number of nitrogens with zero attached hydrogens (tertiary/aromatic N) is 1. The summed E-state index contributed by atoms with van der Waals surface area (Å²) in [5.41, 5.74) is 2.74. The number of urea groups is 1. The Labute approximate surface area is 144 Å². The van der Waals surface area contributed by atoms with Gasteiger partial charge in [-0.05, 0) is 56.3 Å². The Morgan fingerprint density at radius 2 is 1.96 bits per heavy atom. The number of amides is 2. The van der Waals surface area contributed by atoms with E-state index in [4.69, 9.17) is 4.74 Å².